The summed E-state index contributed by atoms with van der Waals surface area (Å²) in [5.74, 6) is -1.93. The van der Waals surface area contributed by atoms with Gasteiger partial charge >= 0.3 is 29.0 Å². The molecular weight excluding hydrogens is 541 g/mol. The molecule has 5 heterocycles. The Labute approximate surface area is 260 Å². The van der Waals surface area contributed by atoms with Crippen LogP contribution in [-0.4, -0.2) is 53.1 Å². The minimum Gasteiger partial charge on any atom is -0.681 e. The van der Waals surface area contributed by atoms with E-state index in [1.807, 2.05) is 39.0 Å². The number of aliphatic hydroxyl groups excluding tert-OH is 1. The third-order valence-corrected chi connectivity index (χ3v) is 9.09. The van der Waals surface area contributed by atoms with Crippen molar-refractivity contribution in [3.8, 4) is 0 Å². The maximum Gasteiger partial charge on any atom is 2.00 e. The number of Topliss-reactive ketones (excluding diaryl/α,β-unsaturated/α-hetero) is 1. The Balaban J connectivity index is 0.00000353. The molecule has 0 amide bonds. The number of carbonyl (C=O) groups excluding carboxylic acids is 2. The third-order valence-electron chi connectivity index (χ3n) is 9.09. The molecule has 8 nitrogen and oxygen atoms in total. The zero-order valence-corrected chi connectivity index (χ0v) is 26.2. The van der Waals surface area contributed by atoms with Crippen molar-refractivity contribution in [1.82, 2.24) is 15.0 Å². The molecule has 1 fully saturated rings. The normalized spacial score (nSPS) is 25.5. The summed E-state index contributed by atoms with van der Waals surface area (Å²) in [6, 6.07) is -0.425. The monoisotopic (exact) mass is 572 g/mol. The van der Waals surface area contributed by atoms with Gasteiger partial charge in [0.2, 0.25) is 0 Å². The third kappa shape index (κ3) is 4.16. The first-order valence-electron chi connectivity index (χ1n) is 13.9. The van der Waals surface area contributed by atoms with Gasteiger partial charge in [-0.1, -0.05) is 80.0 Å². The molecule has 3 aromatic rings. The van der Waals surface area contributed by atoms with E-state index in [1.165, 1.54) is 7.11 Å². The molecule has 0 saturated carbocycles. The van der Waals surface area contributed by atoms with Gasteiger partial charge in [-0.2, -0.15) is 5.70 Å². The second kappa shape index (κ2) is 10.9. The summed E-state index contributed by atoms with van der Waals surface area (Å²) >= 11 is 0. The Morgan fingerprint density at radius 1 is 1.05 bits per heavy atom. The molecule has 6 rings (SSSR count). The van der Waals surface area contributed by atoms with Crippen LogP contribution in [0.5, 0.6) is 0 Å². The van der Waals surface area contributed by atoms with Crippen molar-refractivity contribution in [1.29, 1.82) is 0 Å². The molecule has 1 unspecified atom stereocenters. The van der Waals surface area contributed by atoms with Gasteiger partial charge in [-0.3, -0.25) is 9.59 Å². The molecule has 212 valence electrons. The molecule has 1 aliphatic carbocycles. The fourth-order valence-electron chi connectivity index (χ4n) is 6.57. The van der Waals surface area contributed by atoms with E-state index in [4.69, 9.17) is 25.0 Å². The number of rotatable bonds is 3. The molecule has 0 spiro atoms. The first-order valence-corrected chi connectivity index (χ1v) is 13.9. The Bertz CT molecular complexity index is 1940. The van der Waals surface area contributed by atoms with Crippen LogP contribution in [0.15, 0.2) is 12.3 Å². The molecule has 2 aliphatic heterocycles. The number of esters is 1. The van der Waals surface area contributed by atoms with Crippen molar-refractivity contribution in [2.24, 2.45) is 17.8 Å². The van der Waals surface area contributed by atoms with Gasteiger partial charge in [0.05, 0.1) is 13.4 Å². The van der Waals surface area contributed by atoms with Crippen LogP contribution in [0.25, 0.3) is 41.5 Å². The molecule has 0 aromatic carbocycles. The zero-order valence-electron chi connectivity index (χ0n) is 24.8. The van der Waals surface area contributed by atoms with Gasteiger partial charge in [-0.15, -0.1) is 33.1 Å². The second-order valence-corrected chi connectivity index (χ2v) is 11.1. The molecule has 0 radical (unpaired) electrons. The summed E-state index contributed by atoms with van der Waals surface area (Å²) in [5.41, 5.74) is 7.40. The van der Waals surface area contributed by atoms with Crippen molar-refractivity contribution >= 4 is 70.9 Å². The average Bonchev–Trinajstić information content (AvgIpc) is 3.70. The predicted molar refractivity (Wildman–Crippen MR) is 163 cm³/mol. The van der Waals surface area contributed by atoms with Crippen LogP contribution in [-0.2, 0) is 16.0 Å². The van der Waals surface area contributed by atoms with E-state index in [-0.39, 0.29) is 40.7 Å². The van der Waals surface area contributed by atoms with Crippen LogP contribution >= 0.6 is 0 Å². The predicted octanol–water partition coefficient (Wildman–Crippen LogP) is 1.47. The number of ether oxygens (including phenoxy) is 1. The number of nitrogens with zero attached hydrogens (tertiary/aromatic N) is 4. The molecule has 8 bridgehead atoms. The van der Waals surface area contributed by atoms with E-state index in [1.54, 1.807) is 6.08 Å². The summed E-state index contributed by atoms with van der Waals surface area (Å²) in [6.07, 6.45) is 9.20. The first-order chi connectivity index (χ1) is 19.6. The van der Waals surface area contributed by atoms with Gasteiger partial charge in [0.15, 0.2) is 5.78 Å². The molecule has 4 atom stereocenters. The first kappa shape index (κ1) is 29.8. The van der Waals surface area contributed by atoms with E-state index < -0.39 is 17.9 Å². The Hall–Kier alpha value is -3.69. The van der Waals surface area contributed by atoms with Crippen molar-refractivity contribution in [2.45, 2.75) is 47.1 Å². The number of aromatic nitrogens is 3. The summed E-state index contributed by atoms with van der Waals surface area (Å²) in [5, 5.41) is 17.7. The number of hydrogen-bond acceptors (Lipinski definition) is 4. The fourth-order valence-corrected chi connectivity index (χ4v) is 6.57. The maximum absolute atomic E-state index is 13.8. The summed E-state index contributed by atoms with van der Waals surface area (Å²) in [6.45, 7) is 14.1. The van der Waals surface area contributed by atoms with Crippen molar-refractivity contribution in [2.75, 3.05) is 7.11 Å². The molecule has 3 aliphatic rings. The van der Waals surface area contributed by atoms with E-state index in [0.29, 0.717) is 55.8 Å². The van der Waals surface area contributed by atoms with Gasteiger partial charge in [0, 0.05) is 5.56 Å². The van der Waals surface area contributed by atoms with Crippen molar-refractivity contribution in [3.05, 3.63) is 83.8 Å². The average molecular weight is 573 g/mol. The summed E-state index contributed by atoms with van der Waals surface area (Å²) in [4.78, 5) is 41.6. The maximum atomic E-state index is 13.8. The Morgan fingerprint density at radius 3 is 2.40 bits per heavy atom. The largest absolute Gasteiger partial charge is 2.00 e. The van der Waals surface area contributed by atoms with Gasteiger partial charge < -0.3 is 30.1 Å². The van der Waals surface area contributed by atoms with Crippen LogP contribution in [0.2, 0.25) is 0 Å². The number of fused-ring (bicyclic) bond motifs is 8. The van der Waals surface area contributed by atoms with Crippen LogP contribution < -0.4 is 36.2 Å². The Morgan fingerprint density at radius 2 is 1.76 bits per heavy atom. The standard InChI is InChI=1S/C33H32N4O4.Mg/c1-8-18-16(5)22-10-21-14(3)15(4)30(36-21)28-29(33(40)41-7)32(39)27-17(6)23(37-31(27)28)11-25-19(9-2)20(13-38)26(35-25)12-24(18)34-22;/h8,10-15,29-30H,1,9H2,2-7H3,(H,38,39);/q-4;+2/b21-10+,26-12-;/t14-,15-,29+,30?;/m0./s1. The number of allylic oxidation sites excluding steroid dienone is 1. The van der Waals surface area contributed by atoms with Crippen LogP contribution in [0.3, 0.4) is 0 Å². The molecular formula is C33H32MgN4O4-2. The fraction of sp³-hybridized carbons (Fsp3) is 0.333. The number of ketones is 1. The quantitative estimate of drug-likeness (QED) is 0.287. The molecule has 1 N–H and O–H groups in total. The summed E-state index contributed by atoms with van der Waals surface area (Å²) in [7, 11) is 1.30. The van der Waals surface area contributed by atoms with Crippen molar-refractivity contribution in [3.63, 3.8) is 0 Å². The smallest absolute Gasteiger partial charge is 0.681 e. The van der Waals surface area contributed by atoms with E-state index in [2.05, 4.69) is 20.4 Å². The van der Waals surface area contributed by atoms with Gasteiger partial charge in [0.1, 0.15) is 5.92 Å². The van der Waals surface area contributed by atoms with Crippen molar-refractivity contribution < 1.29 is 19.4 Å². The number of methoxy groups -OCH3 is 1. The minimum atomic E-state index is -1.08. The van der Waals surface area contributed by atoms with Crippen LogP contribution in [0, 0.1) is 31.6 Å². The molecule has 9 heteroatoms. The molecule has 1 saturated heterocycles. The SMILES string of the molecule is C=Cc1c2[n-]c(c1C)/C=C1/[N-]C(C3=c4[n-]/c(c(C)c4C(=O)[C@@H]3C(=O)OC)=C\c3[n-]c(/c(=C\O)c3CC)=C\2)[C@@H](C)[C@@H]1C.[Mg+2]. The van der Waals surface area contributed by atoms with Gasteiger partial charge in [0.25, 0.3) is 0 Å². The minimum absolute atomic E-state index is 0. The van der Waals surface area contributed by atoms with Gasteiger partial charge in [-0.05, 0) is 42.9 Å². The molecule has 42 heavy (non-hydrogen) atoms. The number of hydrogen-bond donors (Lipinski definition) is 1. The number of aliphatic hydroxyl groups is 1. The van der Waals surface area contributed by atoms with E-state index in [0.717, 1.165) is 34.3 Å². The summed E-state index contributed by atoms with van der Waals surface area (Å²) < 4.78 is 5.11. The van der Waals surface area contributed by atoms with Crippen LogP contribution in [0.4, 0.5) is 0 Å². The Kier molecular flexibility index (Phi) is 7.70. The van der Waals surface area contributed by atoms with Gasteiger partial charge in [-0.25, -0.2) is 0 Å². The zero-order chi connectivity index (χ0) is 29.3. The number of carbonyl (C=O) groups is 2. The topological polar surface area (TPSA) is 120 Å². The second-order valence-electron chi connectivity index (χ2n) is 11.1. The molecule has 3 aromatic heterocycles. The van der Waals surface area contributed by atoms with E-state index >= 15 is 0 Å². The van der Waals surface area contributed by atoms with Crippen LogP contribution in [0.1, 0.15) is 70.5 Å². The van der Waals surface area contributed by atoms with E-state index in [9.17, 15) is 14.7 Å².